The molecule has 0 N–H and O–H groups in total. The molecule has 0 spiro atoms. The van der Waals surface area contributed by atoms with Crippen LogP contribution in [-0.2, 0) is 0 Å². The summed E-state index contributed by atoms with van der Waals surface area (Å²) in [5, 5.41) is 0. The van der Waals surface area contributed by atoms with Crippen molar-refractivity contribution in [1.82, 2.24) is 4.90 Å². The van der Waals surface area contributed by atoms with Crippen molar-refractivity contribution in [3.05, 3.63) is 11.3 Å². The van der Waals surface area contributed by atoms with Gasteiger partial charge in [0.25, 0.3) is 0 Å². The molecule has 0 amide bonds. The molecule has 0 radical (unpaired) electrons. The third kappa shape index (κ3) is 0.857. The minimum atomic E-state index is 1.21. The molecule has 1 saturated heterocycles. The van der Waals surface area contributed by atoms with Crippen LogP contribution < -0.4 is 0 Å². The highest BCUT2D eigenvalue weighted by atomic mass is 15.3. The molecule has 0 aromatic rings. The molecule has 0 unspecified atom stereocenters. The summed E-state index contributed by atoms with van der Waals surface area (Å²) in [5.41, 5.74) is 3.10. The Labute approximate surface area is 51.0 Å². The van der Waals surface area contributed by atoms with Gasteiger partial charge in [-0.2, -0.15) is 0 Å². The largest absolute Gasteiger partial charge is 0.371 e. The minimum Gasteiger partial charge on any atom is -0.371 e. The zero-order chi connectivity index (χ0) is 6.15. The number of allylic oxidation sites excluding steroid dienone is 1. The van der Waals surface area contributed by atoms with Gasteiger partial charge >= 0.3 is 0 Å². The van der Waals surface area contributed by atoms with E-state index in [-0.39, 0.29) is 0 Å². The van der Waals surface area contributed by atoms with E-state index in [1.54, 1.807) is 11.3 Å². The lowest BCUT2D eigenvalue weighted by Crippen LogP contribution is -1.79. The van der Waals surface area contributed by atoms with E-state index in [0.29, 0.717) is 0 Å². The molecule has 1 fully saturated rings. The molecule has 0 aliphatic carbocycles. The van der Waals surface area contributed by atoms with E-state index in [1.807, 2.05) is 0 Å². The van der Waals surface area contributed by atoms with Gasteiger partial charge in [-0.3, -0.25) is 0 Å². The predicted molar refractivity (Wildman–Crippen MR) is 35.6 cm³/mol. The fourth-order valence-corrected chi connectivity index (χ4v) is 0.854. The minimum absolute atomic E-state index is 1.21. The summed E-state index contributed by atoms with van der Waals surface area (Å²) in [5.74, 6) is 0. The van der Waals surface area contributed by atoms with Crippen LogP contribution in [0.2, 0.25) is 0 Å². The van der Waals surface area contributed by atoms with Gasteiger partial charge in [0.05, 0.1) is 6.54 Å². The lowest BCUT2D eigenvalue weighted by molar-refractivity contribution is 0.722. The molecule has 0 atom stereocenters. The highest BCUT2D eigenvalue weighted by Crippen LogP contribution is 2.23. The Kier molecular flexibility index (Phi) is 1.28. The normalized spacial score (nSPS) is 23.6. The predicted octanol–water partition coefficient (Wildman–Crippen LogP) is 1.62. The van der Waals surface area contributed by atoms with Gasteiger partial charge in [0.2, 0.25) is 0 Å². The van der Waals surface area contributed by atoms with Gasteiger partial charge < -0.3 is 4.90 Å². The zero-order valence-electron chi connectivity index (χ0n) is 5.86. The molecule has 1 heteroatoms. The molecule has 1 aliphatic rings. The summed E-state index contributed by atoms with van der Waals surface area (Å²) in [7, 11) is 2.13. The first kappa shape index (κ1) is 5.67. The lowest BCUT2D eigenvalue weighted by atomic mass is 10.2. The number of likely N-dealkylation sites (N-methyl/N-ethyl adjacent to an activating group) is 1. The smallest absolute Gasteiger partial charge is 0.0572 e. The van der Waals surface area contributed by atoms with Crippen LogP contribution in [0.1, 0.15) is 20.3 Å². The van der Waals surface area contributed by atoms with Crippen molar-refractivity contribution in [3.8, 4) is 0 Å². The monoisotopic (exact) mass is 111 g/mol. The van der Waals surface area contributed by atoms with Crippen LogP contribution in [0, 0.1) is 0 Å². The first-order valence-electron chi connectivity index (χ1n) is 3.15. The lowest BCUT2D eigenvalue weighted by Gasteiger charge is -1.89. The van der Waals surface area contributed by atoms with E-state index in [2.05, 4.69) is 25.8 Å². The maximum atomic E-state index is 2.28. The summed E-state index contributed by atoms with van der Waals surface area (Å²) in [6, 6.07) is 0. The SMILES string of the molecule is CCC(C)=C1CN1C. The molecule has 1 aliphatic heterocycles. The third-order valence-electron chi connectivity index (χ3n) is 1.77. The highest BCUT2D eigenvalue weighted by Gasteiger charge is 2.20. The quantitative estimate of drug-likeness (QED) is 0.465. The maximum Gasteiger partial charge on any atom is 0.0572 e. The van der Waals surface area contributed by atoms with Crippen molar-refractivity contribution in [1.29, 1.82) is 0 Å². The Morgan fingerprint density at radius 2 is 2.25 bits per heavy atom. The van der Waals surface area contributed by atoms with E-state index >= 15 is 0 Å². The summed E-state index contributed by atoms with van der Waals surface area (Å²) in [6.07, 6.45) is 1.21. The van der Waals surface area contributed by atoms with Crippen molar-refractivity contribution < 1.29 is 0 Å². The molecule has 1 rings (SSSR count). The van der Waals surface area contributed by atoms with E-state index in [4.69, 9.17) is 0 Å². The number of hydrogen-bond acceptors (Lipinski definition) is 1. The van der Waals surface area contributed by atoms with Crippen LogP contribution in [0.5, 0.6) is 0 Å². The molecule has 0 bridgehead atoms. The van der Waals surface area contributed by atoms with Gasteiger partial charge in [-0.15, -0.1) is 0 Å². The number of rotatable bonds is 1. The zero-order valence-corrected chi connectivity index (χ0v) is 5.86. The average Bonchev–Trinajstić information content (AvgIpc) is 2.45. The second-order valence-electron chi connectivity index (χ2n) is 2.44. The van der Waals surface area contributed by atoms with Crippen LogP contribution in [0.25, 0.3) is 0 Å². The standard InChI is InChI=1S/C7H13N/c1-4-6(2)7-5-8(7)3/h4-5H2,1-3H3. The Morgan fingerprint density at radius 3 is 2.38 bits per heavy atom. The number of nitrogens with zero attached hydrogens (tertiary/aromatic N) is 1. The summed E-state index contributed by atoms with van der Waals surface area (Å²) >= 11 is 0. The number of hydrogen-bond donors (Lipinski definition) is 0. The molecule has 1 nitrogen and oxygen atoms in total. The third-order valence-corrected chi connectivity index (χ3v) is 1.77. The van der Waals surface area contributed by atoms with Gasteiger partial charge in [-0.05, 0) is 13.3 Å². The fourth-order valence-electron chi connectivity index (χ4n) is 0.854. The summed E-state index contributed by atoms with van der Waals surface area (Å²) < 4.78 is 0. The van der Waals surface area contributed by atoms with Crippen molar-refractivity contribution in [3.63, 3.8) is 0 Å². The molecule has 1 heterocycles. The van der Waals surface area contributed by atoms with Crippen LogP contribution in [0.3, 0.4) is 0 Å². The maximum absolute atomic E-state index is 2.28. The first-order chi connectivity index (χ1) is 3.75. The molecule has 46 valence electrons. The van der Waals surface area contributed by atoms with Gasteiger partial charge in [0.1, 0.15) is 0 Å². The molecule has 0 aromatic carbocycles. The van der Waals surface area contributed by atoms with Gasteiger partial charge in [0, 0.05) is 12.7 Å². The van der Waals surface area contributed by atoms with Crippen molar-refractivity contribution in [2.45, 2.75) is 20.3 Å². The topological polar surface area (TPSA) is 3.01 Å². The summed E-state index contributed by atoms with van der Waals surface area (Å²) in [4.78, 5) is 2.28. The molecule has 0 aromatic heterocycles. The first-order valence-corrected chi connectivity index (χ1v) is 3.15. The van der Waals surface area contributed by atoms with E-state index in [1.165, 1.54) is 13.0 Å². The molecule has 0 saturated carbocycles. The van der Waals surface area contributed by atoms with Gasteiger partial charge in [0.15, 0.2) is 0 Å². The van der Waals surface area contributed by atoms with Crippen LogP contribution >= 0.6 is 0 Å². The second-order valence-corrected chi connectivity index (χ2v) is 2.44. The second kappa shape index (κ2) is 1.81. The Hall–Kier alpha value is -0.460. The summed E-state index contributed by atoms with van der Waals surface area (Å²) in [6.45, 7) is 5.62. The average molecular weight is 111 g/mol. The van der Waals surface area contributed by atoms with Crippen molar-refractivity contribution >= 4 is 0 Å². The molecule has 8 heavy (non-hydrogen) atoms. The van der Waals surface area contributed by atoms with Gasteiger partial charge in [-0.1, -0.05) is 12.5 Å². The van der Waals surface area contributed by atoms with Crippen LogP contribution in [0.15, 0.2) is 11.3 Å². The van der Waals surface area contributed by atoms with Gasteiger partial charge in [-0.25, -0.2) is 0 Å². The molecular formula is C7H13N. The van der Waals surface area contributed by atoms with E-state index < -0.39 is 0 Å². The Morgan fingerprint density at radius 1 is 1.75 bits per heavy atom. The van der Waals surface area contributed by atoms with E-state index in [9.17, 15) is 0 Å². The Balaban J connectivity index is 2.53. The van der Waals surface area contributed by atoms with Crippen LogP contribution in [0.4, 0.5) is 0 Å². The van der Waals surface area contributed by atoms with Crippen molar-refractivity contribution in [2.75, 3.05) is 13.6 Å². The van der Waals surface area contributed by atoms with Crippen LogP contribution in [-0.4, -0.2) is 18.5 Å². The Bertz CT molecular complexity index is 120. The fraction of sp³-hybridized carbons (Fsp3) is 0.714. The van der Waals surface area contributed by atoms with Crippen molar-refractivity contribution in [2.24, 2.45) is 0 Å². The molecular weight excluding hydrogens is 98.1 g/mol. The van der Waals surface area contributed by atoms with E-state index in [0.717, 1.165) is 0 Å². The highest BCUT2D eigenvalue weighted by molar-refractivity contribution is 5.23.